The molecule has 4 aromatic carbocycles. The molecule has 0 bridgehead atoms. The van der Waals surface area contributed by atoms with Crippen LogP contribution in [0.4, 0.5) is 0 Å². The molecule has 1 radical (unpaired) electrons. The number of fused-ring (bicyclic) bond motifs is 6. The molecule has 1 aliphatic carbocycles. The number of carbonyl (C=O) groups is 1. The van der Waals surface area contributed by atoms with Gasteiger partial charge in [-0.1, -0.05) is 130 Å². The number of hydrogen-bond donors (Lipinski definition) is 1. The first-order chi connectivity index (χ1) is 24.1. The van der Waals surface area contributed by atoms with Crippen LogP contribution < -0.4 is 0 Å². The van der Waals surface area contributed by atoms with E-state index in [1.807, 2.05) is 33.9 Å². The summed E-state index contributed by atoms with van der Waals surface area (Å²) in [5.41, 5.74) is 6.87. The molecule has 279 valence electrons. The first-order valence-electron chi connectivity index (χ1n) is 19.3. The van der Waals surface area contributed by atoms with Crippen molar-refractivity contribution in [2.45, 2.75) is 131 Å². The Bertz CT molecular complexity index is 2070. The molecular formula is C48H60IrNO2-. The van der Waals surface area contributed by atoms with E-state index in [-0.39, 0.29) is 59.7 Å². The molecule has 5 aromatic rings. The second kappa shape index (κ2) is 16.4. The molecule has 0 saturated heterocycles. The fourth-order valence-electron chi connectivity index (χ4n) is 8.22. The van der Waals surface area contributed by atoms with Crippen molar-refractivity contribution in [3.63, 3.8) is 0 Å². The minimum Gasteiger partial charge on any atom is -0.512 e. The van der Waals surface area contributed by atoms with Crippen LogP contribution in [0.25, 0.3) is 43.6 Å². The Kier molecular flexibility index (Phi) is 13.0. The van der Waals surface area contributed by atoms with Gasteiger partial charge in [-0.05, 0) is 93.5 Å². The standard InChI is InChI=1S/C35H36N.C13H24O2.Ir/c1-33(2,3)30-21-23(20-22-10-8-9-11-24(22)30)32-28-13-12-27-25(26(28)16-19-36-32)14-15-29-31(27)35(6,7)18-17-34(29,4)5;1-5-10(6-2)12(14)9-13(15)11(7-3)8-4;/h8-16,19,21H,17-18H2,1-7H3;9-11,14H,5-8H2,1-4H3;/q-1;;/b;12-9-;. The molecule has 52 heavy (non-hydrogen) atoms. The molecule has 0 aliphatic heterocycles. The number of hydrogen-bond acceptors (Lipinski definition) is 3. The molecule has 0 saturated carbocycles. The monoisotopic (exact) mass is 875 g/mol. The maximum Gasteiger partial charge on any atom is 0.162 e. The van der Waals surface area contributed by atoms with Gasteiger partial charge in [0.2, 0.25) is 0 Å². The van der Waals surface area contributed by atoms with Crippen molar-refractivity contribution in [2.75, 3.05) is 0 Å². The number of allylic oxidation sites excluding steroid dienone is 2. The van der Waals surface area contributed by atoms with Gasteiger partial charge in [0.15, 0.2) is 5.78 Å². The number of pyridine rings is 1. The summed E-state index contributed by atoms with van der Waals surface area (Å²) < 4.78 is 0. The smallest absolute Gasteiger partial charge is 0.162 e. The molecule has 1 heterocycles. The average molecular weight is 875 g/mol. The van der Waals surface area contributed by atoms with Gasteiger partial charge >= 0.3 is 0 Å². The van der Waals surface area contributed by atoms with Crippen molar-refractivity contribution in [1.29, 1.82) is 0 Å². The first-order valence-corrected chi connectivity index (χ1v) is 19.3. The van der Waals surface area contributed by atoms with E-state index >= 15 is 0 Å². The summed E-state index contributed by atoms with van der Waals surface area (Å²) >= 11 is 0. The zero-order chi connectivity index (χ0) is 37.3. The van der Waals surface area contributed by atoms with Gasteiger partial charge in [-0.2, -0.15) is 0 Å². The molecule has 0 amide bonds. The first kappa shape index (κ1) is 41.4. The number of nitrogens with zero attached hydrogens (tertiary/aromatic N) is 1. The third-order valence-electron chi connectivity index (χ3n) is 11.6. The van der Waals surface area contributed by atoms with Gasteiger partial charge in [-0.15, -0.1) is 29.1 Å². The van der Waals surface area contributed by atoms with Crippen molar-refractivity contribution in [2.24, 2.45) is 11.8 Å². The third kappa shape index (κ3) is 8.24. The van der Waals surface area contributed by atoms with E-state index in [1.165, 1.54) is 62.5 Å². The number of aromatic nitrogens is 1. The fraction of sp³-hybridized carbons (Fsp3) is 0.458. The van der Waals surface area contributed by atoms with Crippen LogP contribution in [0.5, 0.6) is 0 Å². The van der Waals surface area contributed by atoms with Gasteiger partial charge in [0.1, 0.15) is 0 Å². The van der Waals surface area contributed by atoms with Crippen LogP contribution in [0.1, 0.15) is 131 Å². The van der Waals surface area contributed by atoms with E-state index in [0.29, 0.717) is 0 Å². The molecule has 1 aliphatic rings. The minimum absolute atomic E-state index is 0. The Labute approximate surface area is 327 Å². The zero-order valence-corrected chi connectivity index (χ0v) is 35.9. The Morgan fingerprint density at radius 3 is 2.00 bits per heavy atom. The van der Waals surface area contributed by atoms with Crippen molar-refractivity contribution < 1.29 is 30.0 Å². The Morgan fingerprint density at radius 2 is 1.37 bits per heavy atom. The Morgan fingerprint density at radius 1 is 0.788 bits per heavy atom. The maximum absolute atomic E-state index is 11.7. The van der Waals surface area contributed by atoms with Crippen molar-refractivity contribution in [3.05, 3.63) is 101 Å². The van der Waals surface area contributed by atoms with E-state index < -0.39 is 0 Å². The van der Waals surface area contributed by atoms with Crippen molar-refractivity contribution in [3.8, 4) is 11.3 Å². The van der Waals surface area contributed by atoms with Gasteiger partial charge in [0, 0.05) is 49.9 Å². The molecule has 6 rings (SSSR count). The quantitative estimate of drug-likeness (QED) is 0.0731. The number of benzene rings is 4. The maximum atomic E-state index is 11.7. The average Bonchev–Trinajstić information content (AvgIpc) is 3.10. The summed E-state index contributed by atoms with van der Waals surface area (Å²) in [5.74, 6) is 0.547. The number of carbonyl (C=O) groups excluding carboxylic acids is 1. The summed E-state index contributed by atoms with van der Waals surface area (Å²) in [6.07, 6.45) is 9.33. The molecule has 0 unspecified atom stereocenters. The topological polar surface area (TPSA) is 50.2 Å². The molecule has 4 heteroatoms. The summed E-state index contributed by atoms with van der Waals surface area (Å²) in [7, 11) is 0. The predicted octanol–water partition coefficient (Wildman–Crippen LogP) is 13.5. The van der Waals surface area contributed by atoms with Gasteiger partial charge in [0.05, 0.1) is 5.76 Å². The Balaban J connectivity index is 0.000000323. The molecule has 3 nitrogen and oxygen atoms in total. The number of rotatable bonds is 8. The molecule has 0 atom stereocenters. The van der Waals surface area contributed by atoms with Crippen LogP contribution in [-0.4, -0.2) is 15.9 Å². The van der Waals surface area contributed by atoms with Gasteiger partial charge in [-0.3, -0.25) is 9.78 Å². The normalized spacial score (nSPS) is 15.4. The predicted molar refractivity (Wildman–Crippen MR) is 219 cm³/mol. The molecule has 1 aromatic heterocycles. The van der Waals surface area contributed by atoms with Gasteiger partial charge < -0.3 is 5.11 Å². The zero-order valence-electron chi connectivity index (χ0n) is 33.5. The third-order valence-corrected chi connectivity index (χ3v) is 11.6. The summed E-state index contributed by atoms with van der Waals surface area (Å²) in [4.78, 5) is 16.6. The second-order valence-electron chi connectivity index (χ2n) is 17.1. The number of aliphatic hydroxyl groups excluding tert-OH is 1. The van der Waals surface area contributed by atoms with Crippen LogP contribution in [0.15, 0.2) is 78.7 Å². The van der Waals surface area contributed by atoms with E-state index in [1.54, 1.807) is 0 Å². The fourth-order valence-corrected chi connectivity index (χ4v) is 8.22. The van der Waals surface area contributed by atoms with Crippen LogP contribution in [0, 0.1) is 17.9 Å². The van der Waals surface area contributed by atoms with Crippen LogP contribution >= 0.6 is 0 Å². The molecule has 0 fully saturated rings. The van der Waals surface area contributed by atoms with Crippen molar-refractivity contribution >= 4 is 38.1 Å². The molecule has 1 N–H and O–H groups in total. The van der Waals surface area contributed by atoms with Crippen LogP contribution in [0.2, 0.25) is 0 Å². The van der Waals surface area contributed by atoms with Crippen LogP contribution in [0.3, 0.4) is 0 Å². The van der Waals surface area contributed by atoms with Gasteiger partial charge in [0.25, 0.3) is 0 Å². The van der Waals surface area contributed by atoms with Crippen LogP contribution in [-0.2, 0) is 41.1 Å². The van der Waals surface area contributed by atoms with E-state index in [0.717, 1.165) is 42.3 Å². The minimum atomic E-state index is 0. The Hall–Kier alpha value is -3.33. The van der Waals surface area contributed by atoms with Crippen molar-refractivity contribution in [1.82, 2.24) is 4.98 Å². The summed E-state index contributed by atoms with van der Waals surface area (Å²) in [6, 6.07) is 26.2. The summed E-state index contributed by atoms with van der Waals surface area (Å²) in [5, 5.41) is 17.4. The second-order valence-corrected chi connectivity index (χ2v) is 17.1. The number of ketones is 1. The van der Waals surface area contributed by atoms with Gasteiger partial charge in [-0.25, -0.2) is 0 Å². The molecule has 0 spiro atoms. The largest absolute Gasteiger partial charge is 0.512 e. The number of aliphatic hydroxyl groups is 1. The summed E-state index contributed by atoms with van der Waals surface area (Å²) in [6.45, 7) is 24.6. The molecular weight excluding hydrogens is 815 g/mol. The van der Waals surface area contributed by atoms with E-state index in [4.69, 9.17) is 4.98 Å². The SMILES string of the molecule is CC(C)(C)c1cc(-c2nccc3c2ccc2c4c(ccc23)C(C)(C)CCC4(C)C)[c-]c2ccccc12.CCC(CC)C(=O)/C=C(\O)C(CC)CC.[Ir]. The van der Waals surface area contributed by atoms with E-state index in [2.05, 4.69) is 115 Å². The van der Waals surface area contributed by atoms with E-state index in [9.17, 15) is 9.90 Å².